The SMILES string of the molecule is C=CC(=O)OC1CN1C(=O)OC(C)CC. The Morgan fingerprint density at radius 3 is 2.87 bits per heavy atom. The summed E-state index contributed by atoms with van der Waals surface area (Å²) in [4.78, 5) is 23.5. The molecule has 15 heavy (non-hydrogen) atoms. The van der Waals surface area contributed by atoms with Gasteiger partial charge in [0.25, 0.3) is 0 Å². The zero-order valence-corrected chi connectivity index (χ0v) is 8.93. The number of carbonyl (C=O) groups excluding carboxylic acids is 2. The molecule has 1 amide bonds. The van der Waals surface area contributed by atoms with Gasteiger partial charge in [-0.15, -0.1) is 0 Å². The molecule has 0 bridgehead atoms. The molecule has 0 aromatic carbocycles. The Morgan fingerprint density at radius 2 is 2.33 bits per heavy atom. The first-order valence-electron chi connectivity index (χ1n) is 4.88. The molecule has 0 aromatic heterocycles. The summed E-state index contributed by atoms with van der Waals surface area (Å²) in [5.41, 5.74) is 0. The van der Waals surface area contributed by atoms with Crippen molar-refractivity contribution in [1.29, 1.82) is 0 Å². The largest absolute Gasteiger partial charge is 0.446 e. The van der Waals surface area contributed by atoms with Crippen molar-refractivity contribution in [2.75, 3.05) is 6.54 Å². The van der Waals surface area contributed by atoms with Gasteiger partial charge in [-0.3, -0.25) is 4.90 Å². The van der Waals surface area contributed by atoms with Crippen LogP contribution in [0.1, 0.15) is 20.3 Å². The maximum atomic E-state index is 11.3. The number of hydrogen-bond donors (Lipinski definition) is 0. The molecule has 1 fully saturated rings. The van der Waals surface area contributed by atoms with Crippen molar-refractivity contribution in [1.82, 2.24) is 4.90 Å². The van der Waals surface area contributed by atoms with Crippen LogP contribution >= 0.6 is 0 Å². The van der Waals surface area contributed by atoms with Crippen LogP contribution in [-0.2, 0) is 14.3 Å². The van der Waals surface area contributed by atoms with Crippen LogP contribution in [0.15, 0.2) is 12.7 Å². The van der Waals surface area contributed by atoms with Crippen molar-refractivity contribution in [2.24, 2.45) is 0 Å². The third-order valence-electron chi connectivity index (χ3n) is 2.10. The predicted molar refractivity (Wildman–Crippen MR) is 53.0 cm³/mol. The molecule has 5 nitrogen and oxygen atoms in total. The highest BCUT2D eigenvalue weighted by atomic mass is 16.6. The second kappa shape index (κ2) is 4.82. The zero-order chi connectivity index (χ0) is 11.4. The van der Waals surface area contributed by atoms with Gasteiger partial charge in [0.15, 0.2) is 6.23 Å². The first-order chi connectivity index (χ1) is 7.08. The molecular weight excluding hydrogens is 198 g/mol. The highest BCUT2D eigenvalue weighted by molar-refractivity contribution is 5.82. The monoisotopic (exact) mass is 213 g/mol. The van der Waals surface area contributed by atoms with Crippen LogP contribution in [0.3, 0.4) is 0 Å². The lowest BCUT2D eigenvalue weighted by molar-refractivity contribution is -0.140. The van der Waals surface area contributed by atoms with E-state index in [1.165, 1.54) is 4.90 Å². The fourth-order valence-electron chi connectivity index (χ4n) is 0.919. The number of hydrogen-bond acceptors (Lipinski definition) is 4. The Morgan fingerprint density at radius 1 is 1.67 bits per heavy atom. The smallest absolute Gasteiger partial charge is 0.413 e. The minimum atomic E-state index is -0.529. The van der Waals surface area contributed by atoms with E-state index in [1.54, 1.807) is 0 Å². The Labute approximate surface area is 88.6 Å². The van der Waals surface area contributed by atoms with Crippen LogP contribution in [-0.4, -0.2) is 35.8 Å². The van der Waals surface area contributed by atoms with Crippen LogP contribution in [0.5, 0.6) is 0 Å². The van der Waals surface area contributed by atoms with E-state index in [2.05, 4.69) is 6.58 Å². The van der Waals surface area contributed by atoms with Gasteiger partial charge < -0.3 is 9.47 Å². The third-order valence-corrected chi connectivity index (χ3v) is 2.10. The van der Waals surface area contributed by atoms with Crippen molar-refractivity contribution in [2.45, 2.75) is 32.6 Å². The molecule has 5 heteroatoms. The molecule has 0 saturated carbocycles. The van der Waals surface area contributed by atoms with Crippen molar-refractivity contribution >= 4 is 12.1 Å². The minimum absolute atomic E-state index is 0.117. The Hall–Kier alpha value is -1.52. The zero-order valence-electron chi connectivity index (χ0n) is 8.93. The summed E-state index contributed by atoms with van der Waals surface area (Å²) in [6.45, 7) is 7.40. The summed E-state index contributed by atoms with van der Waals surface area (Å²) in [7, 11) is 0. The lowest BCUT2D eigenvalue weighted by Gasteiger charge is -2.11. The number of carbonyl (C=O) groups is 2. The quantitative estimate of drug-likeness (QED) is 0.401. The summed E-state index contributed by atoms with van der Waals surface area (Å²) < 4.78 is 9.87. The van der Waals surface area contributed by atoms with E-state index >= 15 is 0 Å². The number of rotatable bonds is 4. The van der Waals surface area contributed by atoms with E-state index in [4.69, 9.17) is 9.47 Å². The van der Waals surface area contributed by atoms with Crippen LogP contribution in [0.25, 0.3) is 0 Å². The first-order valence-corrected chi connectivity index (χ1v) is 4.88. The number of amides is 1. The predicted octanol–water partition coefficient (Wildman–Crippen LogP) is 1.29. The standard InChI is InChI=1S/C10H15NO4/c1-4-7(3)14-10(13)11-6-8(11)15-9(12)5-2/h5,7-8H,2,4,6H2,1,3H3. The summed E-state index contributed by atoms with van der Waals surface area (Å²) >= 11 is 0. The van der Waals surface area contributed by atoms with E-state index in [0.29, 0.717) is 6.54 Å². The van der Waals surface area contributed by atoms with E-state index in [9.17, 15) is 9.59 Å². The molecule has 0 N–H and O–H groups in total. The van der Waals surface area contributed by atoms with Gasteiger partial charge in [0, 0.05) is 6.08 Å². The van der Waals surface area contributed by atoms with Crippen LogP contribution in [0.4, 0.5) is 4.79 Å². The topological polar surface area (TPSA) is 55.6 Å². The van der Waals surface area contributed by atoms with Gasteiger partial charge in [-0.25, -0.2) is 9.59 Å². The molecule has 84 valence electrons. The Bertz CT molecular complexity index is 277. The fraction of sp³-hybridized carbons (Fsp3) is 0.600. The highest BCUT2D eigenvalue weighted by Crippen LogP contribution is 2.21. The van der Waals surface area contributed by atoms with Gasteiger partial charge in [-0.05, 0) is 13.3 Å². The number of ether oxygens (including phenoxy) is 2. The second-order valence-electron chi connectivity index (χ2n) is 3.35. The Kier molecular flexibility index (Phi) is 3.71. The molecule has 1 rings (SSSR count). The van der Waals surface area contributed by atoms with Gasteiger partial charge in [0.05, 0.1) is 6.54 Å². The first kappa shape index (κ1) is 11.6. The molecule has 2 atom stereocenters. The van der Waals surface area contributed by atoms with Crippen molar-refractivity contribution in [3.05, 3.63) is 12.7 Å². The number of nitrogens with zero attached hydrogens (tertiary/aromatic N) is 1. The van der Waals surface area contributed by atoms with Crippen molar-refractivity contribution in [3.63, 3.8) is 0 Å². The van der Waals surface area contributed by atoms with E-state index < -0.39 is 18.3 Å². The molecule has 0 aliphatic carbocycles. The normalized spacial score (nSPS) is 20.4. The van der Waals surface area contributed by atoms with E-state index in [0.717, 1.165) is 12.5 Å². The summed E-state index contributed by atoms with van der Waals surface area (Å²) in [5, 5.41) is 0. The maximum absolute atomic E-state index is 11.3. The highest BCUT2D eigenvalue weighted by Gasteiger charge is 2.43. The average molecular weight is 213 g/mol. The van der Waals surface area contributed by atoms with Gasteiger partial charge in [0.2, 0.25) is 0 Å². The van der Waals surface area contributed by atoms with Gasteiger partial charge in [-0.2, -0.15) is 0 Å². The van der Waals surface area contributed by atoms with E-state index in [1.807, 2.05) is 13.8 Å². The lowest BCUT2D eigenvalue weighted by atomic mass is 10.3. The van der Waals surface area contributed by atoms with Crippen LogP contribution < -0.4 is 0 Å². The van der Waals surface area contributed by atoms with Crippen molar-refractivity contribution < 1.29 is 19.1 Å². The molecule has 0 spiro atoms. The van der Waals surface area contributed by atoms with Crippen molar-refractivity contribution in [3.8, 4) is 0 Å². The van der Waals surface area contributed by atoms with Gasteiger partial charge in [0.1, 0.15) is 6.10 Å². The molecule has 0 aromatic rings. The lowest BCUT2D eigenvalue weighted by Crippen LogP contribution is -2.22. The third kappa shape index (κ3) is 3.27. The molecule has 1 aliphatic heterocycles. The maximum Gasteiger partial charge on any atom is 0.413 e. The summed E-state index contributed by atoms with van der Waals surface area (Å²) in [6, 6.07) is 0. The molecule has 0 radical (unpaired) electrons. The Balaban J connectivity index is 2.28. The van der Waals surface area contributed by atoms with Crippen LogP contribution in [0.2, 0.25) is 0 Å². The average Bonchev–Trinajstić information content (AvgIpc) is 2.96. The minimum Gasteiger partial charge on any atom is -0.446 e. The fourth-order valence-corrected chi connectivity index (χ4v) is 0.919. The van der Waals surface area contributed by atoms with Crippen LogP contribution in [0, 0.1) is 0 Å². The molecule has 1 saturated heterocycles. The summed E-state index contributed by atoms with van der Waals surface area (Å²) in [5.74, 6) is -0.529. The summed E-state index contributed by atoms with van der Waals surface area (Å²) in [6.07, 6.45) is 0.792. The molecular formula is C10H15NO4. The van der Waals surface area contributed by atoms with Gasteiger partial charge in [-0.1, -0.05) is 13.5 Å². The van der Waals surface area contributed by atoms with E-state index in [-0.39, 0.29) is 6.10 Å². The molecule has 1 heterocycles. The number of esters is 1. The van der Waals surface area contributed by atoms with Gasteiger partial charge >= 0.3 is 12.1 Å². The second-order valence-corrected chi connectivity index (χ2v) is 3.35. The molecule has 2 unspecified atom stereocenters. The molecule has 1 aliphatic rings.